The fraction of sp³-hybridized carbons (Fsp3) is 0.0968. The molecule has 0 aliphatic rings. The van der Waals surface area contributed by atoms with E-state index in [4.69, 9.17) is 0 Å². The van der Waals surface area contributed by atoms with Crippen LogP contribution in [-0.2, 0) is 5.41 Å². The van der Waals surface area contributed by atoms with Crippen LogP contribution in [0, 0.1) is 6.92 Å². The molecule has 1 atom stereocenters. The monoisotopic (exact) mass is 398 g/mol. The summed E-state index contributed by atoms with van der Waals surface area (Å²) in [5, 5.41) is 2.58. The van der Waals surface area contributed by atoms with Crippen LogP contribution in [0.15, 0.2) is 121 Å². The molecule has 0 saturated carbocycles. The quantitative estimate of drug-likeness (QED) is 0.268. The molecule has 5 rings (SSSR count). The zero-order valence-corrected chi connectivity index (χ0v) is 18.0. The number of hydrogen-bond donors (Lipinski definition) is 0. The highest BCUT2D eigenvalue weighted by Crippen LogP contribution is 2.42. The van der Waals surface area contributed by atoms with Gasteiger partial charge >= 0.3 is 0 Å². The fourth-order valence-electron chi connectivity index (χ4n) is 4.65. The Labute approximate surface area is 184 Å². The normalized spacial score (nSPS) is 13.1. The lowest BCUT2D eigenvalue weighted by Crippen LogP contribution is -2.25. The average molecular weight is 399 g/mol. The minimum absolute atomic E-state index is 0.256. The third-order valence-electron chi connectivity index (χ3n) is 6.53. The topological polar surface area (TPSA) is 0 Å². The zero-order valence-electron chi connectivity index (χ0n) is 18.0. The molecule has 0 heteroatoms. The Morgan fingerprint density at radius 3 is 1.74 bits per heavy atom. The van der Waals surface area contributed by atoms with Crippen LogP contribution in [0.4, 0.5) is 0 Å². The first-order valence-electron chi connectivity index (χ1n) is 10.9. The van der Waals surface area contributed by atoms with E-state index in [1.165, 1.54) is 44.2 Å². The Kier molecular flexibility index (Phi) is 4.92. The standard InChI is InChI=1S/C31H26/c1-23-15-17-24(18-16-23)25-19-21-28(22-20-25)31(2,27-11-4-3-5-12-27)30-14-8-10-26-9-6-7-13-29(26)30/h3-22H,1-2H3. The molecule has 0 nitrogen and oxygen atoms in total. The summed E-state index contributed by atoms with van der Waals surface area (Å²) in [6.07, 6.45) is 0. The first kappa shape index (κ1) is 19.3. The fourth-order valence-corrected chi connectivity index (χ4v) is 4.65. The minimum Gasteiger partial charge on any atom is -0.0622 e. The molecule has 0 aliphatic carbocycles. The zero-order chi connectivity index (χ0) is 21.3. The predicted octanol–water partition coefficient (Wildman–Crippen LogP) is 8.17. The van der Waals surface area contributed by atoms with Gasteiger partial charge in [0.05, 0.1) is 0 Å². The van der Waals surface area contributed by atoms with E-state index < -0.39 is 0 Å². The molecular formula is C31H26. The second-order valence-electron chi connectivity index (χ2n) is 8.46. The number of benzene rings is 5. The molecule has 0 fully saturated rings. The molecule has 0 bridgehead atoms. The summed E-state index contributed by atoms with van der Waals surface area (Å²) in [6.45, 7) is 4.48. The molecule has 0 aromatic heterocycles. The number of fused-ring (bicyclic) bond motifs is 1. The van der Waals surface area contributed by atoms with Crippen molar-refractivity contribution >= 4 is 10.8 Å². The molecular weight excluding hydrogens is 372 g/mol. The van der Waals surface area contributed by atoms with Gasteiger partial charge < -0.3 is 0 Å². The molecule has 0 spiro atoms. The molecule has 0 amide bonds. The van der Waals surface area contributed by atoms with Crippen molar-refractivity contribution in [3.8, 4) is 11.1 Å². The summed E-state index contributed by atoms with van der Waals surface area (Å²) in [7, 11) is 0. The van der Waals surface area contributed by atoms with E-state index in [-0.39, 0.29) is 5.41 Å². The second-order valence-corrected chi connectivity index (χ2v) is 8.46. The molecule has 1 unspecified atom stereocenters. The van der Waals surface area contributed by atoms with Crippen LogP contribution in [0.3, 0.4) is 0 Å². The Hall–Kier alpha value is -3.64. The van der Waals surface area contributed by atoms with E-state index in [1.807, 2.05) is 0 Å². The molecule has 0 saturated heterocycles. The van der Waals surface area contributed by atoms with Crippen molar-refractivity contribution in [1.82, 2.24) is 0 Å². The Balaban J connectivity index is 1.69. The Morgan fingerprint density at radius 2 is 1.03 bits per heavy atom. The van der Waals surface area contributed by atoms with E-state index in [1.54, 1.807) is 0 Å². The lowest BCUT2D eigenvalue weighted by atomic mass is 9.69. The van der Waals surface area contributed by atoms with E-state index in [0.29, 0.717) is 0 Å². The van der Waals surface area contributed by atoms with Gasteiger partial charge in [0, 0.05) is 5.41 Å². The van der Waals surface area contributed by atoms with Crippen LogP contribution in [0.1, 0.15) is 29.2 Å². The summed E-state index contributed by atoms with van der Waals surface area (Å²) < 4.78 is 0. The Bertz CT molecular complexity index is 1310. The van der Waals surface area contributed by atoms with Crippen molar-refractivity contribution in [2.45, 2.75) is 19.3 Å². The van der Waals surface area contributed by atoms with E-state index in [9.17, 15) is 0 Å². The number of rotatable bonds is 4. The van der Waals surface area contributed by atoms with Gasteiger partial charge in [-0.2, -0.15) is 0 Å². The van der Waals surface area contributed by atoms with Crippen LogP contribution in [0.25, 0.3) is 21.9 Å². The van der Waals surface area contributed by atoms with Crippen LogP contribution in [0.5, 0.6) is 0 Å². The van der Waals surface area contributed by atoms with Crippen molar-refractivity contribution in [1.29, 1.82) is 0 Å². The smallest absolute Gasteiger partial charge is 0.0429 e. The third-order valence-corrected chi connectivity index (χ3v) is 6.53. The number of hydrogen-bond acceptors (Lipinski definition) is 0. The molecule has 31 heavy (non-hydrogen) atoms. The minimum atomic E-state index is -0.256. The van der Waals surface area contributed by atoms with Crippen molar-refractivity contribution < 1.29 is 0 Å². The summed E-state index contributed by atoms with van der Waals surface area (Å²) in [4.78, 5) is 0. The summed E-state index contributed by atoms with van der Waals surface area (Å²) in [5.74, 6) is 0. The van der Waals surface area contributed by atoms with Crippen molar-refractivity contribution in [3.63, 3.8) is 0 Å². The maximum absolute atomic E-state index is 2.35. The molecule has 5 aromatic carbocycles. The maximum atomic E-state index is 2.35. The van der Waals surface area contributed by atoms with Crippen molar-refractivity contribution in [3.05, 3.63) is 144 Å². The largest absolute Gasteiger partial charge is 0.0622 e. The highest BCUT2D eigenvalue weighted by atomic mass is 14.3. The Morgan fingerprint density at radius 1 is 0.484 bits per heavy atom. The molecule has 5 aromatic rings. The van der Waals surface area contributed by atoms with Crippen LogP contribution in [0.2, 0.25) is 0 Å². The van der Waals surface area contributed by atoms with Gasteiger partial charge in [-0.05, 0) is 52.4 Å². The van der Waals surface area contributed by atoms with Gasteiger partial charge in [-0.25, -0.2) is 0 Å². The van der Waals surface area contributed by atoms with E-state index >= 15 is 0 Å². The van der Waals surface area contributed by atoms with Gasteiger partial charge in [-0.15, -0.1) is 0 Å². The molecule has 0 radical (unpaired) electrons. The maximum Gasteiger partial charge on any atom is 0.0429 e. The van der Waals surface area contributed by atoms with Crippen LogP contribution < -0.4 is 0 Å². The van der Waals surface area contributed by atoms with Gasteiger partial charge in [0.2, 0.25) is 0 Å². The second kappa shape index (κ2) is 7.89. The first-order chi connectivity index (χ1) is 15.2. The summed E-state index contributed by atoms with van der Waals surface area (Å²) in [5.41, 5.74) is 7.46. The van der Waals surface area contributed by atoms with Crippen LogP contribution >= 0.6 is 0 Å². The van der Waals surface area contributed by atoms with Gasteiger partial charge in [0.15, 0.2) is 0 Å². The molecule has 150 valence electrons. The molecule has 0 aliphatic heterocycles. The van der Waals surface area contributed by atoms with Gasteiger partial charge in [0.1, 0.15) is 0 Å². The van der Waals surface area contributed by atoms with Crippen molar-refractivity contribution in [2.24, 2.45) is 0 Å². The summed E-state index contributed by atoms with van der Waals surface area (Å²) >= 11 is 0. The van der Waals surface area contributed by atoms with E-state index in [2.05, 4.69) is 135 Å². The average Bonchev–Trinajstić information content (AvgIpc) is 2.84. The molecule has 0 N–H and O–H groups in total. The van der Waals surface area contributed by atoms with E-state index in [0.717, 1.165) is 0 Å². The van der Waals surface area contributed by atoms with Crippen molar-refractivity contribution in [2.75, 3.05) is 0 Å². The lowest BCUT2D eigenvalue weighted by Gasteiger charge is -2.33. The summed E-state index contributed by atoms with van der Waals surface area (Å²) in [6, 6.07) is 44.1. The highest BCUT2D eigenvalue weighted by molar-refractivity contribution is 5.88. The van der Waals surface area contributed by atoms with Crippen LogP contribution in [-0.4, -0.2) is 0 Å². The van der Waals surface area contributed by atoms with Gasteiger partial charge in [-0.3, -0.25) is 0 Å². The van der Waals surface area contributed by atoms with Gasteiger partial charge in [0.25, 0.3) is 0 Å². The predicted molar refractivity (Wildman–Crippen MR) is 133 cm³/mol. The highest BCUT2D eigenvalue weighted by Gasteiger charge is 2.32. The lowest BCUT2D eigenvalue weighted by molar-refractivity contribution is 0.699. The SMILES string of the molecule is Cc1ccc(-c2ccc(C(C)(c3ccccc3)c3cccc4ccccc34)cc2)cc1. The first-order valence-corrected chi connectivity index (χ1v) is 10.9. The third kappa shape index (κ3) is 3.45. The number of aryl methyl sites for hydroxylation is 1. The molecule has 0 heterocycles. The van der Waals surface area contributed by atoms with Gasteiger partial charge in [-0.1, -0.05) is 127 Å².